The summed E-state index contributed by atoms with van der Waals surface area (Å²) in [4.78, 5) is 11.8. The van der Waals surface area contributed by atoms with Crippen LogP contribution in [0, 0.1) is 13.8 Å². The van der Waals surface area contributed by atoms with Gasteiger partial charge in [0.2, 0.25) is 5.91 Å². The van der Waals surface area contributed by atoms with Crippen LogP contribution in [0.5, 0.6) is 0 Å². The summed E-state index contributed by atoms with van der Waals surface area (Å²) in [6, 6.07) is 9.63. The van der Waals surface area contributed by atoms with Crippen molar-refractivity contribution in [2.45, 2.75) is 26.7 Å². The molecule has 0 aliphatic heterocycles. The molecule has 0 aliphatic rings. The Balaban J connectivity index is 1.88. The maximum Gasteiger partial charge on any atom is 0.224 e. The van der Waals surface area contributed by atoms with E-state index < -0.39 is 0 Å². The van der Waals surface area contributed by atoms with Crippen LogP contribution in [0.3, 0.4) is 0 Å². The van der Waals surface area contributed by atoms with Crippen LogP contribution in [0.4, 0.5) is 5.69 Å². The molecule has 0 bridgehead atoms. The molecule has 2 rings (SSSR count). The summed E-state index contributed by atoms with van der Waals surface area (Å²) in [5, 5.41) is 2.89. The van der Waals surface area contributed by atoms with Crippen molar-refractivity contribution in [3.8, 4) is 0 Å². The number of nitrogens with one attached hydrogen (secondary N) is 1. The Labute approximate surface area is 107 Å². The zero-order valence-electron chi connectivity index (χ0n) is 10.7. The van der Waals surface area contributed by atoms with Gasteiger partial charge in [-0.05, 0) is 49.2 Å². The van der Waals surface area contributed by atoms with Crippen molar-refractivity contribution in [2.24, 2.45) is 0 Å². The maximum absolute atomic E-state index is 11.8. The van der Waals surface area contributed by atoms with E-state index in [1.54, 1.807) is 6.26 Å². The number of amides is 1. The van der Waals surface area contributed by atoms with Crippen LogP contribution < -0.4 is 5.32 Å². The highest BCUT2D eigenvalue weighted by molar-refractivity contribution is 5.90. The van der Waals surface area contributed by atoms with Gasteiger partial charge in [0.1, 0.15) is 5.76 Å². The minimum atomic E-state index is 0.00894. The first-order chi connectivity index (χ1) is 8.65. The molecule has 0 fully saturated rings. The second kappa shape index (κ2) is 5.54. The first-order valence-electron chi connectivity index (χ1n) is 6.04. The van der Waals surface area contributed by atoms with Crippen LogP contribution in [-0.4, -0.2) is 5.91 Å². The van der Waals surface area contributed by atoms with Gasteiger partial charge in [-0.25, -0.2) is 0 Å². The van der Waals surface area contributed by atoms with Gasteiger partial charge in [-0.1, -0.05) is 6.07 Å². The van der Waals surface area contributed by atoms with Gasteiger partial charge in [0, 0.05) is 18.5 Å². The first-order valence-corrected chi connectivity index (χ1v) is 6.04. The quantitative estimate of drug-likeness (QED) is 0.893. The molecule has 0 atom stereocenters. The highest BCUT2D eigenvalue weighted by Crippen LogP contribution is 2.14. The Morgan fingerprint density at radius 1 is 1.22 bits per heavy atom. The molecule has 1 amide bonds. The number of anilines is 1. The monoisotopic (exact) mass is 243 g/mol. The first kappa shape index (κ1) is 12.4. The van der Waals surface area contributed by atoms with E-state index in [1.165, 1.54) is 11.1 Å². The predicted octanol–water partition coefficient (Wildman–Crippen LogP) is 3.47. The summed E-state index contributed by atoms with van der Waals surface area (Å²) in [5.74, 6) is 0.847. The minimum absolute atomic E-state index is 0.00894. The zero-order chi connectivity index (χ0) is 13.0. The van der Waals surface area contributed by atoms with E-state index in [1.807, 2.05) is 37.3 Å². The summed E-state index contributed by atoms with van der Waals surface area (Å²) >= 11 is 0. The standard InChI is InChI=1S/C15H17NO2/c1-11-5-6-13(10-12(11)2)16-15(17)8-7-14-4-3-9-18-14/h3-6,9-10H,7-8H2,1-2H3,(H,16,17). The van der Waals surface area contributed by atoms with Crippen molar-refractivity contribution < 1.29 is 9.21 Å². The highest BCUT2D eigenvalue weighted by atomic mass is 16.3. The topological polar surface area (TPSA) is 42.2 Å². The average Bonchev–Trinajstić information content (AvgIpc) is 2.84. The van der Waals surface area contributed by atoms with Gasteiger partial charge in [0.05, 0.1) is 6.26 Å². The van der Waals surface area contributed by atoms with Gasteiger partial charge in [-0.15, -0.1) is 0 Å². The zero-order valence-corrected chi connectivity index (χ0v) is 10.7. The Bertz CT molecular complexity index is 529. The van der Waals surface area contributed by atoms with E-state index in [0.717, 1.165) is 11.4 Å². The fourth-order valence-electron chi connectivity index (χ4n) is 1.73. The van der Waals surface area contributed by atoms with Crippen molar-refractivity contribution in [3.63, 3.8) is 0 Å². The predicted molar refractivity (Wildman–Crippen MR) is 71.6 cm³/mol. The Morgan fingerprint density at radius 2 is 2.06 bits per heavy atom. The summed E-state index contributed by atoms with van der Waals surface area (Å²) in [6.07, 6.45) is 2.68. The van der Waals surface area contributed by atoms with Crippen molar-refractivity contribution in [3.05, 3.63) is 53.5 Å². The van der Waals surface area contributed by atoms with Gasteiger partial charge >= 0.3 is 0 Å². The molecule has 0 spiro atoms. The van der Waals surface area contributed by atoms with E-state index in [9.17, 15) is 4.79 Å². The normalized spacial score (nSPS) is 10.3. The Morgan fingerprint density at radius 3 is 2.72 bits per heavy atom. The van der Waals surface area contributed by atoms with Crippen LogP contribution in [0.1, 0.15) is 23.3 Å². The largest absolute Gasteiger partial charge is 0.469 e. The molecular formula is C15H17NO2. The van der Waals surface area contributed by atoms with Crippen molar-refractivity contribution in [1.29, 1.82) is 0 Å². The van der Waals surface area contributed by atoms with Crippen LogP contribution >= 0.6 is 0 Å². The molecule has 1 aromatic carbocycles. The second-order valence-electron chi connectivity index (χ2n) is 4.43. The number of aryl methyl sites for hydroxylation is 3. The Hall–Kier alpha value is -2.03. The van der Waals surface area contributed by atoms with Gasteiger partial charge in [-0.2, -0.15) is 0 Å². The Kier molecular flexibility index (Phi) is 3.82. The SMILES string of the molecule is Cc1ccc(NC(=O)CCc2ccco2)cc1C. The molecule has 1 N–H and O–H groups in total. The lowest BCUT2D eigenvalue weighted by Crippen LogP contribution is -2.12. The van der Waals surface area contributed by atoms with Gasteiger partial charge in [0.25, 0.3) is 0 Å². The third kappa shape index (κ3) is 3.23. The lowest BCUT2D eigenvalue weighted by molar-refractivity contribution is -0.116. The van der Waals surface area contributed by atoms with Gasteiger partial charge in [-0.3, -0.25) is 4.79 Å². The third-order valence-electron chi connectivity index (χ3n) is 2.97. The number of hydrogen-bond acceptors (Lipinski definition) is 2. The molecule has 18 heavy (non-hydrogen) atoms. The molecule has 3 nitrogen and oxygen atoms in total. The van der Waals surface area contributed by atoms with E-state index in [-0.39, 0.29) is 5.91 Å². The van der Waals surface area contributed by atoms with Crippen molar-refractivity contribution >= 4 is 11.6 Å². The van der Waals surface area contributed by atoms with Gasteiger partial charge < -0.3 is 9.73 Å². The smallest absolute Gasteiger partial charge is 0.224 e. The molecule has 0 radical (unpaired) electrons. The van der Waals surface area contributed by atoms with E-state index in [0.29, 0.717) is 12.8 Å². The van der Waals surface area contributed by atoms with Gasteiger partial charge in [0.15, 0.2) is 0 Å². The van der Waals surface area contributed by atoms with Crippen LogP contribution in [0.15, 0.2) is 41.0 Å². The number of benzene rings is 1. The molecule has 2 aromatic rings. The second-order valence-corrected chi connectivity index (χ2v) is 4.43. The summed E-state index contributed by atoms with van der Waals surface area (Å²) in [6.45, 7) is 4.09. The number of furan rings is 1. The van der Waals surface area contributed by atoms with E-state index in [4.69, 9.17) is 4.42 Å². The van der Waals surface area contributed by atoms with E-state index in [2.05, 4.69) is 12.2 Å². The van der Waals surface area contributed by atoms with Crippen molar-refractivity contribution in [2.75, 3.05) is 5.32 Å². The van der Waals surface area contributed by atoms with Crippen LogP contribution in [-0.2, 0) is 11.2 Å². The lowest BCUT2D eigenvalue weighted by atomic mass is 10.1. The summed E-state index contributed by atoms with van der Waals surface area (Å²) in [5.41, 5.74) is 3.25. The molecule has 0 saturated heterocycles. The number of carbonyl (C=O) groups excluding carboxylic acids is 1. The molecule has 0 unspecified atom stereocenters. The number of rotatable bonds is 4. The maximum atomic E-state index is 11.8. The van der Waals surface area contributed by atoms with Crippen LogP contribution in [0.25, 0.3) is 0 Å². The molecule has 3 heteroatoms. The van der Waals surface area contributed by atoms with Crippen LogP contribution in [0.2, 0.25) is 0 Å². The van der Waals surface area contributed by atoms with E-state index >= 15 is 0 Å². The minimum Gasteiger partial charge on any atom is -0.469 e. The summed E-state index contributed by atoms with van der Waals surface area (Å²) in [7, 11) is 0. The fourth-order valence-corrected chi connectivity index (χ4v) is 1.73. The molecule has 0 saturated carbocycles. The lowest BCUT2D eigenvalue weighted by Gasteiger charge is -2.07. The summed E-state index contributed by atoms with van der Waals surface area (Å²) < 4.78 is 5.19. The third-order valence-corrected chi connectivity index (χ3v) is 2.97. The van der Waals surface area contributed by atoms with Crippen molar-refractivity contribution in [1.82, 2.24) is 0 Å². The molecule has 1 aromatic heterocycles. The fraction of sp³-hybridized carbons (Fsp3) is 0.267. The molecule has 94 valence electrons. The molecule has 0 aliphatic carbocycles. The average molecular weight is 243 g/mol. The molecule has 1 heterocycles. The highest BCUT2D eigenvalue weighted by Gasteiger charge is 2.05. The molecular weight excluding hydrogens is 226 g/mol. The number of carbonyl (C=O) groups is 1. The number of hydrogen-bond donors (Lipinski definition) is 1.